The first kappa shape index (κ1) is 35.1. The fourth-order valence-electron chi connectivity index (χ4n) is 5.23. The summed E-state index contributed by atoms with van der Waals surface area (Å²) in [4.78, 5) is 24.9. The third-order valence-electron chi connectivity index (χ3n) is 7.81. The van der Waals surface area contributed by atoms with Gasteiger partial charge in [-0.2, -0.15) is 0 Å². The maximum atomic E-state index is 13.7. The maximum Gasteiger partial charge on any atom is 0.302 e. The standard InChI is InChI=1S/C30H34O18/c1-10(31)43-8-17-20(35)23(38)25(40)29(46-17)44-9-18-21(36)24(39)26(41)30(47-18)48-28-22(37)19-14(34)6-12(32)7-16(19)45-27(28)11-3-4-13(33)15(5-11)42-2/h3-7,17-18,20-21,23-26,29-30,32-36,38-41H,8-9H2,1-2H3. The number of methoxy groups -OCH3 is 1. The topological polar surface area (TPSA) is 285 Å². The van der Waals surface area contributed by atoms with Crippen molar-refractivity contribution in [2.75, 3.05) is 20.3 Å². The Morgan fingerprint density at radius 3 is 2.06 bits per heavy atom. The lowest BCUT2D eigenvalue weighted by Crippen LogP contribution is -2.62. The molecule has 10 atom stereocenters. The van der Waals surface area contributed by atoms with Gasteiger partial charge in [-0.3, -0.25) is 9.59 Å². The maximum absolute atomic E-state index is 13.7. The summed E-state index contributed by atoms with van der Waals surface area (Å²) in [7, 11) is 1.27. The molecule has 0 spiro atoms. The summed E-state index contributed by atoms with van der Waals surface area (Å²) in [6, 6.07) is 5.74. The van der Waals surface area contributed by atoms with Crippen molar-refractivity contribution >= 4 is 16.9 Å². The van der Waals surface area contributed by atoms with Gasteiger partial charge in [0.25, 0.3) is 0 Å². The molecule has 0 radical (unpaired) electrons. The van der Waals surface area contributed by atoms with E-state index < -0.39 is 109 Å². The number of carbonyl (C=O) groups is 1. The minimum Gasteiger partial charge on any atom is -0.508 e. The van der Waals surface area contributed by atoms with Gasteiger partial charge in [0.05, 0.1) is 13.7 Å². The van der Waals surface area contributed by atoms with Crippen molar-refractivity contribution in [3.8, 4) is 40.1 Å². The lowest BCUT2D eigenvalue weighted by atomic mass is 9.98. The number of phenols is 3. The normalized spacial score (nSPS) is 30.6. The second-order valence-corrected chi connectivity index (χ2v) is 11.1. The number of carbonyl (C=O) groups excluding carboxylic acids is 1. The first-order valence-corrected chi connectivity index (χ1v) is 14.4. The predicted octanol–water partition coefficient (Wildman–Crippen LogP) is -1.84. The third-order valence-corrected chi connectivity index (χ3v) is 7.81. The molecule has 2 aliphatic heterocycles. The van der Waals surface area contributed by atoms with Crippen LogP contribution < -0.4 is 14.9 Å². The number of rotatable bonds is 9. The van der Waals surface area contributed by atoms with E-state index in [0.717, 1.165) is 19.1 Å². The van der Waals surface area contributed by atoms with Gasteiger partial charge < -0.3 is 78.8 Å². The molecule has 9 N–H and O–H groups in total. The third kappa shape index (κ3) is 6.83. The van der Waals surface area contributed by atoms with Crippen molar-refractivity contribution < 1.29 is 83.6 Å². The molecule has 0 aliphatic carbocycles. The first-order chi connectivity index (χ1) is 22.7. The number of aromatic hydroxyl groups is 3. The Morgan fingerprint density at radius 1 is 0.792 bits per heavy atom. The molecule has 3 heterocycles. The quantitative estimate of drug-likeness (QED) is 0.112. The highest BCUT2D eigenvalue weighted by Crippen LogP contribution is 2.39. The van der Waals surface area contributed by atoms with Gasteiger partial charge in [0.1, 0.15) is 77.9 Å². The molecule has 18 nitrogen and oxygen atoms in total. The van der Waals surface area contributed by atoms with Crippen molar-refractivity contribution in [1.29, 1.82) is 0 Å². The van der Waals surface area contributed by atoms with Gasteiger partial charge in [-0.05, 0) is 18.2 Å². The van der Waals surface area contributed by atoms with Gasteiger partial charge in [0.2, 0.25) is 17.5 Å². The van der Waals surface area contributed by atoms with Crippen LogP contribution in [0.3, 0.4) is 0 Å². The summed E-state index contributed by atoms with van der Waals surface area (Å²) < 4.78 is 38.1. The minimum atomic E-state index is -2.00. The van der Waals surface area contributed by atoms with E-state index >= 15 is 0 Å². The molecule has 3 aromatic rings. The van der Waals surface area contributed by atoms with Crippen molar-refractivity contribution in [3.63, 3.8) is 0 Å². The van der Waals surface area contributed by atoms with E-state index in [9.17, 15) is 55.5 Å². The zero-order valence-electron chi connectivity index (χ0n) is 25.3. The Kier molecular flexibility index (Phi) is 10.3. The van der Waals surface area contributed by atoms with Gasteiger partial charge in [0.15, 0.2) is 23.5 Å². The number of phenolic OH excluding ortho intramolecular Hbond substituents is 3. The molecule has 2 aliphatic rings. The van der Waals surface area contributed by atoms with E-state index in [4.69, 9.17) is 32.8 Å². The zero-order chi connectivity index (χ0) is 35.0. The molecule has 10 unspecified atom stereocenters. The molecule has 0 amide bonds. The largest absolute Gasteiger partial charge is 0.508 e. The summed E-state index contributed by atoms with van der Waals surface area (Å²) in [5.74, 6) is -3.14. The molecule has 2 saturated heterocycles. The van der Waals surface area contributed by atoms with Gasteiger partial charge >= 0.3 is 5.97 Å². The molecule has 48 heavy (non-hydrogen) atoms. The molecular weight excluding hydrogens is 648 g/mol. The smallest absolute Gasteiger partial charge is 0.302 e. The molecule has 0 saturated carbocycles. The number of aliphatic hydroxyl groups excluding tert-OH is 6. The highest BCUT2D eigenvalue weighted by Gasteiger charge is 2.48. The van der Waals surface area contributed by atoms with Crippen molar-refractivity contribution in [2.45, 2.75) is 68.3 Å². The average Bonchev–Trinajstić information content (AvgIpc) is 3.04. The Bertz CT molecular complexity index is 1690. The molecule has 18 heteroatoms. The highest BCUT2D eigenvalue weighted by molar-refractivity contribution is 5.88. The van der Waals surface area contributed by atoms with Crippen molar-refractivity contribution in [3.05, 3.63) is 40.6 Å². The zero-order valence-corrected chi connectivity index (χ0v) is 25.3. The number of ether oxygens (including phenoxy) is 6. The fraction of sp³-hybridized carbons (Fsp3) is 0.467. The van der Waals surface area contributed by atoms with Crippen LogP contribution in [0.1, 0.15) is 6.92 Å². The molecule has 262 valence electrons. The van der Waals surface area contributed by atoms with E-state index in [1.165, 1.54) is 25.3 Å². The van der Waals surface area contributed by atoms with Gasteiger partial charge in [-0.25, -0.2) is 0 Å². The van der Waals surface area contributed by atoms with Crippen molar-refractivity contribution in [2.24, 2.45) is 0 Å². The second-order valence-electron chi connectivity index (χ2n) is 11.1. The highest BCUT2D eigenvalue weighted by atomic mass is 16.7. The van der Waals surface area contributed by atoms with Crippen LogP contribution in [0.5, 0.6) is 28.7 Å². The van der Waals surface area contributed by atoms with Crippen LogP contribution >= 0.6 is 0 Å². The van der Waals surface area contributed by atoms with Crippen LogP contribution in [0.4, 0.5) is 0 Å². The molecule has 2 aromatic carbocycles. The lowest BCUT2D eigenvalue weighted by molar-refractivity contribution is -0.323. The van der Waals surface area contributed by atoms with Crippen molar-refractivity contribution in [1.82, 2.24) is 0 Å². The van der Waals surface area contributed by atoms with Crippen LogP contribution in [-0.2, 0) is 23.7 Å². The molecule has 2 fully saturated rings. The summed E-state index contributed by atoms with van der Waals surface area (Å²) >= 11 is 0. The Morgan fingerprint density at radius 2 is 1.42 bits per heavy atom. The van der Waals surface area contributed by atoms with Gasteiger partial charge in [-0.1, -0.05) is 0 Å². The SMILES string of the molecule is COc1cc(-c2oc3cc(O)cc(O)c3c(=O)c2OC2OC(COC3OC(COC(C)=O)C(O)C(O)C3O)C(O)C(O)C2O)ccc1O. The summed E-state index contributed by atoms with van der Waals surface area (Å²) in [6.07, 6.45) is -17.5. The first-order valence-electron chi connectivity index (χ1n) is 14.4. The summed E-state index contributed by atoms with van der Waals surface area (Å²) in [6.45, 7) is -0.0826. The molecule has 1 aromatic heterocycles. The van der Waals surface area contributed by atoms with Gasteiger partial charge in [-0.15, -0.1) is 0 Å². The van der Waals surface area contributed by atoms with Crippen LogP contribution in [0.2, 0.25) is 0 Å². The molecule has 5 rings (SSSR count). The van der Waals surface area contributed by atoms with E-state index in [2.05, 4.69) is 0 Å². The Labute approximate surface area is 270 Å². The number of hydrogen-bond acceptors (Lipinski definition) is 18. The number of esters is 1. The molecular formula is C30H34O18. The summed E-state index contributed by atoms with van der Waals surface area (Å²) in [5.41, 5.74) is -1.20. The van der Waals surface area contributed by atoms with Crippen LogP contribution in [0.25, 0.3) is 22.3 Å². The Balaban J connectivity index is 1.44. The number of hydrogen-bond donors (Lipinski definition) is 9. The second kappa shape index (κ2) is 14.1. The van der Waals surface area contributed by atoms with E-state index in [1.54, 1.807) is 0 Å². The number of fused-ring (bicyclic) bond motifs is 1. The number of benzene rings is 2. The van der Waals surface area contributed by atoms with Crippen LogP contribution in [0.15, 0.2) is 39.5 Å². The monoisotopic (exact) mass is 682 g/mol. The summed E-state index contributed by atoms with van der Waals surface area (Å²) in [5, 5.41) is 93.1. The fourth-order valence-corrected chi connectivity index (χ4v) is 5.23. The minimum absolute atomic E-state index is 0.0375. The van der Waals surface area contributed by atoms with E-state index in [-0.39, 0.29) is 28.4 Å². The number of aliphatic hydroxyl groups is 6. The van der Waals surface area contributed by atoms with Crippen LogP contribution in [0, 0.1) is 0 Å². The Hall–Kier alpha value is -4.24. The van der Waals surface area contributed by atoms with E-state index in [1.807, 2.05) is 0 Å². The van der Waals surface area contributed by atoms with Gasteiger partial charge in [0, 0.05) is 24.6 Å². The predicted molar refractivity (Wildman–Crippen MR) is 156 cm³/mol. The van der Waals surface area contributed by atoms with Crippen LogP contribution in [-0.4, -0.2) is 134 Å². The lowest BCUT2D eigenvalue weighted by Gasteiger charge is -2.42. The average molecular weight is 683 g/mol. The van der Waals surface area contributed by atoms with E-state index in [0.29, 0.717) is 0 Å². The molecule has 0 bridgehead atoms.